The summed E-state index contributed by atoms with van der Waals surface area (Å²) in [6.07, 6.45) is 7.33. The first-order valence-corrected chi connectivity index (χ1v) is 11.4. The molecule has 0 unspecified atom stereocenters. The molecule has 16 heteroatoms. The van der Waals surface area contributed by atoms with Crippen LogP contribution in [0.5, 0.6) is 0 Å². The SMILES string of the molecule is C1CCOC1.C1COCCOCCOCCOCCOCCO1.C[C-]=S.[Fe].[N]=O.[N]=O.[Na+].c1c[n-]cn1. The fraction of sp³-hybridized carbons (Fsp3) is 0.810. The van der Waals surface area contributed by atoms with E-state index in [2.05, 4.69) is 27.6 Å². The van der Waals surface area contributed by atoms with E-state index in [1.165, 1.54) is 19.2 Å². The van der Waals surface area contributed by atoms with Crippen LogP contribution in [0.2, 0.25) is 0 Å². The number of rotatable bonds is 0. The molecule has 2 radical (unpaired) electrons. The number of hydrogen-bond acceptors (Lipinski definition) is 11. The van der Waals surface area contributed by atoms with Crippen LogP contribution in [0.4, 0.5) is 0 Å². The number of nitroso groups, excluding NO2 is 2. The van der Waals surface area contributed by atoms with Gasteiger partial charge in [-0.1, -0.05) is 18.7 Å². The Bertz CT molecular complexity index is 373. The van der Waals surface area contributed by atoms with E-state index in [0.29, 0.717) is 79.3 Å². The Morgan fingerprint density at radius 2 is 0.892 bits per heavy atom. The van der Waals surface area contributed by atoms with E-state index >= 15 is 0 Å². The van der Waals surface area contributed by atoms with Gasteiger partial charge in [-0.2, -0.15) is 6.92 Å². The number of ether oxygens (including phenoxy) is 7. The van der Waals surface area contributed by atoms with Crippen molar-refractivity contribution in [3.05, 3.63) is 28.5 Å². The number of aromatic nitrogens is 2. The summed E-state index contributed by atoms with van der Waals surface area (Å²) in [6.45, 7) is 10.7. The molecule has 0 N–H and O–H groups in total. The van der Waals surface area contributed by atoms with E-state index in [9.17, 15) is 0 Å². The van der Waals surface area contributed by atoms with Gasteiger partial charge in [0.1, 0.15) is 11.2 Å². The van der Waals surface area contributed by atoms with Crippen LogP contribution >= 0.6 is 12.2 Å². The van der Waals surface area contributed by atoms with Crippen molar-refractivity contribution in [3.8, 4) is 0 Å². The third kappa shape index (κ3) is 52.9. The van der Waals surface area contributed by atoms with Gasteiger partial charge in [-0.15, -0.1) is 9.81 Å². The largest absolute Gasteiger partial charge is 1.00 e. The topological polar surface area (TPSA) is 170 Å². The van der Waals surface area contributed by atoms with Crippen molar-refractivity contribution < 1.29 is 79.8 Å². The zero-order valence-corrected chi connectivity index (χ0v) is 25.7. The first-order valence-electron chi connectivity index (χ1n) is 11.0. The predicted octanol–water partition coefficient (Wildman–Crippen LogP) is -2.07. The summed E-state index contributed by atoms with van der Waals surface area (Å²) in [6, 6.07) is 0. The molecule has 1 aromatic rings. The summed E-state index contributed by atoms with van der Waals surface area (Å²) in [5, 5.41) is 2.33. The molecule has 2 aliphatic rings. The minimum Gasteiger partial charge on any atom is -0.450 e. The molecule has 0 amide bonds. The Morgan fingerprint density at radius 3 is 1.00 bits per heavy atom. The molecule has 0 bridgehead atoms. The molecular formula is C21H38FeN4NaO9S-. The predicted molar refractivity (Wildman–Crippen MR) is 132 cm³/mol. The van der Waals surface area contributed by atoms with E-state index in [1.807, 2.05) is 0 Å². The monoisotopic (exact) mass is 601 g/mol. The third-order valence-corrected chi connectivity index (χ3v) is 3.43. The summed E-state index contributed by atoms with van der Waals surface area (Å²) in [7, 11) is 0. The van der Waals surface area contributed by atoms with Gasteiger partial charge in [-0.3, -0.25) is 0 Å². The van der Waals surface area contributed by atoms with Crippen LogP contribution in [-0.4, -0.2) is 103 Å². The fourth-order valence-electron chi connectivity index (χ4n) is 2.02. The van der Waals surface area contributed by atoms with Crippen LogP contribution in [0, 0.1) is 9.81 Å². The smallest absolute Gasteiger partial charge is 0.450 e. The van der Waals surface area contributed by atoms with Gasteiger partial charge in [-0.05, 0) is 12.8 Å². The van der Waals surface area contributed by atoms with E-state index < -0.39 is 0 Å². The molecule has 0 saturated carbocycles. The van der Waals surface area contributed by atoms with Gasteiger partial charge < -0.3 is 60.7 Å². The van der Waals surface area contributed by atoms with E-state index in [0.717, 1.165) is 13.2 Å². The molecule has 0 atom stereocenters. The summed E-state index contributed by atoms with van der Waals surface area (Å²) in [5.74, 6) is 0. The van der Waals surface area contributed by atoms with Crippen molar-refractivity contribution in [2.45, 2.75) is 19.8 Å². The zero-order chi connectivity index (χ0) is 26.5. The Kier molecular flexibility index (Phi) is 65.7. The minimum atomic E-state index is 0. The Hall–Kier alpha value is -0.261. The summed E-state index contributed by atoms with van der Waals surface area (Å²) >= 11 is 4.14. The summed E-state index contributed by atoms with van der Waals surface area (Å²) < 4.78 is 36.9. The van der Waals surface area contributed by atoms with Crippen LogP contribution in [0.15, 0.2) is 18.7 Å². The molecule has 2 fully saturated rings. The Labute approximate surface area is 258 Å². The maximum Gasteiger partial charge on any atom is 1.00 e. The molecule has 2 saturated heterocycles. The molecular weight excluding hydrogens is 563 g/mol. The normalized spacial score (nSPS) is 16.6. The number of thiocarbonyl (C=S) groups is 1. The van der Waals surface area contributed by atoms with Gasteiger partial charge in [0, 0.05) is 30.3 Å². The van der Waals surface area contributed by atoms with Crippen LogP contribution < -0.4 is 45.7 Å². The van der Waals surface area contributed by atoms with Gasteiger partial charge in [-0.25, -0.2) is 0 Å². The number of nitrogens with zero attached hydrogens (tertiary/aromatic N) is 4. The minimum absolute atomic E-state index is 0. The zero-order valence-electron chi connectivity index (χ0n) is 21.8. The number of hydrogen-bond donors (Lipinski definition) is 0. The fourth-order valence-corrected chi connectivity index (χ4v) is 2.02. The second kappa shape index (κ2) is 52.2. The van der Waals surface area contributed by atoms with Crippen molar-refractivity contribution in [2.75, 3.05) is 92.5 Å². The molecule has 0 aromatic carbocycles. The van der Waals surface area contributed by atoms with Gasteiger partial charge in [0.15, 0.2) is 0 Å². The molecule has 37 heavy (non-hydrogen) atoms. The van der Waals surface area contributed by atoms with Crippen molar-refractivity contribution in [1.82, 2.24) is 21.2 Å². The van der Waals surface area contributed by atoms with E-state index in [1.54, 1.807) is 19.3 Å². The van der Waals surface area contributed by atoms with Crippen molar-refractivity contribution >= 4 is 17.6 Å². The standard InChI is InChI=1S/C12H24O6.C4H8O.C3H3N2.C2H3S.Fe.2NO.Na/c1-2-14-5-6-16-9-10-18-12-11-17-8-7-15-4-3-13-1;1-2-4-5-3-1;1-2-5-3-4-1;1-2-3;;2*1-2;/h1-12H2;1-4H2;1-3H;1H3;;;;/q;;2*-1;;;;+1. The van der Waals surface area contributed by atoms with Gasteiger partial charge in [0.2, 0.25) is 0 Å². The first kappa shape index (κ1) is 46.6. The Balaban J connectivity index is -0.000000147. The molecule has 0 aliphatic carbocycles. The average Bonchev–Trinajstić information content (AvgIpc) is 3.67. The summed E-state index contributed by atoms with van der Waals surface area (Å²) in [4.78, 5) is 21.7. The Morgan fingerprint density at radius 1 is 0.649 bits per heavy atom. The molecule has 3 heterocycles. The van der Waals surface area contributed by atoms with Crippen LogP contribution in [0.3, 0.4) is 0 Å². The van der Waals surface area contributed by atoms with Gasteiger partial charge in [0.25, 0.3) is 0 Å². The maximum absolute atomic E-state index is 7.25. The molecule has 2 aliphatic heterocycles. The van der Waals surface area contributed by atoms with Crippen LogP contribution in [-0.2, 0) is 50.2 Å². The van der Waals surface area contributed by atoms with Gasteiger partial charge >= 0.3 is 29.6 Å². The van der Waals surface area contributed by atoms with Crippen molar-refractivity contribution in [1.29, 1.82) is 0 Å². The first-order chi connectivity index (χ1) is 17.4. The van der Waals surface area contributed by atoms with Crippen LogP contribution in [0.1, 0.15) is 19.8 Å². The van der Waals surface area contributed by atoms with Gasteiger partial charge in [0.05, 0.1) is 79.3 Å². The second-order valence-corrected chi connectivity index (χ2v) is 6.32. The average molecular weight is 601 g/mol. The number of imidazole rings is 1. The van der Waals surface area contributed by atoms with Crippen molar-refractivity contribution in [3.63, 3.8) is 0 Å². The molecule has 13 nitrogen and oxygen atoms in total. The molecule has 0 spiro atoms. The molecule has 3 rings (SSSR count). The van der Waals surface area contributed by atoms with E-state index in [-0.39, 0.29) is 46.6 Å². The summed E-state index contributed by atoms with van der Waals surface area (Å²) in [5.41, 5.74) is 11.5. The quantitative estimate of drug-likeness (QED) is 0.181. The maximum atomic E-state index is 7.25. The molecule has 212 valence electrons. The van der Waals surface area contributed by atoms with Crippen molar-refractivity contribution in [2.24, 2.45) is 0 Å². The van der Waals surface area contributed by atoms with Crippen LogP contribution in [0.25, 0.3) is 0 Å². The van der Waals surface area contributed by atoms with E-state index in [4.69, 9.17) is 54.2 Å². The second-order valence-electron chi connectivity index (χ2n) is 5.91. The third-order valence-electron chi connectivity index (χ3n) is 3.43. The molecule has 1 aromatic heterocycles.